The molecule has 4 nitrogen and oxygen atoms in total. The van der Waals surface area contributed by atoms with Gasteiger partial charge in [-0.1, -0.05) is 11.6 Å². The van der Waals surface area contributed by atoms with Crippen LogP contribution in [0.1, 0.15) is 25.5 Å². The molecule has 0 aliphatic carbocycles. The topological polar surface area (TPSA) is 47.9 Å². The van der Waals surface area contributed by atoms with Crippen LogP contribution < -0.4 is 14.2 Å². The normalized spacial score (nSPS) is 11.7. The zero-order valence-corrected chi connectivity index (χ0v) is 11.5. The molecule has 0 spiro atoms. The lowest BCUT2D eigenvalue weighted by Gasteiger charge is -2.17. The summed E-state index contributed by atoms with van der Waals surface area (Å²) in [7, 11) is 4.64. The summed E-state index contributed by atoms with van der Waals surface area (Å²) in [4.78, 5) is 0. The highest BCUT2D eigenvalue weighted by Gasteiger charge is 2.19. The number of ether oxygens (including phenoxy) is 3. The molecule has 1 atom stereocenters. The number of aliphatic hydroxyl groups is 1. The van der Waals surface area contributed by atoms with E-state index < -0.39 is 6.10 Å². The Morgan fingerprint density at radius 3 is 2.11 bits per heavy atom. The van der Waals surface area contributed by atoms with E-state index in [0.29, 0.717) is 22.8 Å². The Morgan fingerprint density at radius 1 is 1.06 bits per heavy atom. The quantitative estimate of drug-likeness (QED) is 0.818. The lowest BCUT2D eigenvalue weighted by atomic mass is 10.0. The van der Waals surface area contributed by atoms with Gasteiger partial charge >= 0.3 is 0 Å². The van der Waals surface area contributed by atoms with E-state index in [2.05, 4.69) is 0 Å². The van der Waals surface area contributed by atoms with E-state index in [1.165, 1.54) is 14.2 Å². The van der Waals surface area contributed by atoms with E-state index in [9.17, 15) is 5.11 Å². The van der Waals surface area contributed by atoms with Crippen LogP contribution in [-0.2, 0) is 0 Å². The molecule has 0 aromatic heterocycles. The predicted octanol–water partition coefficient (Wildman–Crippen LogP) is 2.71. The number of aliphatic hydroxyl groups excluding tert-OH is 1. The Balaban J connectivity index is 3.33. The molecule has 0 radical (unpaired) electrons. The monoisotopic (exact) mass is 252 g/mol. The van der Waals surface area contributed by atoms with Crippen molar-refractivity contribution in [2.24, 2.45) is 0 Å². The fourth-order valence-electron chi connectivity index (χ4n) is 1.76. The van der Waals surface area contributed by atoms with Crippen LogP contribution >= 0.6 is 0 Å². The van der Waals surface area contributed by atoms with Crippen LogP contribution in [-0.4, -0.2) is 26.4 Å². The van der Waals surface area contributed by atoms with Gasteiger partial charge in [-0.25, -0.2) is 0 Å². The van der Waals surface area contributed by atoms with Gasteiger partial charge in [0.1, 0.15) is 6.10 Å². The summed E-state index contributed by atoms with van der Waals surface area (Å²) in [6, 6.07) is 3.52. The molecule has 100 valence electrons. The minimum Gasteiger partial charge on any atom is -0.493 e. The van der Waals surface area contributed by atoms with Gasteiger partial charge in [-0.3, -0.25) is 0 Å². The standard InChI is InChI=1S/C14H20O4/c1-9(2)8-11(15)10-6-7-12(16-3)14(18-5)13(10)17-4/h6-8,11,15H,1-5H3. The molecular weight excluding hydrogens is 232 g/mol. The zero-order valence-electron chi connectivity index (χ0n) is 11.5. The summed E-state index contributed by atoms with van der Waals surface area (Å²) in [5.74, 6) is 1.54. The van der Waals surface area contributed by atoms with Gasteiger partial charge in [0, 0.05) is 5.56 Å². The predicted molar refractivity (Wildman–Crippen MR) is 70.5 cm³/mol. The first kappa shape index (κ1) is 14.4. The number of hydrogen-bond donors (Lipinski definition) is 1. The first-order valence-electron chi connectivity index (χ1n) is 5.67. The second-order valence-corrected chi connectivity index (χ2v) is 4.11. The molecule has 0 saturated carbocycles. The van der Waals surface area contributed by atoms with Crippen molar-refractivity contribution < 1.29 is 19.3 Å². The van der Waals surface area contributed by atoms with Crippen molar-refractivity contribution in [3.63, 3.8) is 0 Å². The highest BCUT2D eigenvalue weighted by atomic mass is 16.5. The lowest BCUT2D eigenvalue weighted by molar-refractivity contribution is 0.219. The third kappa shape index (κ3) is 2.96. The Morgan fingerprint density at radius 2 is 1.67 bits per heavy atom. The first-order valence-corrected chi connectivity index (χ1v) is 5.67. The minimum absolute atomic E-state index is 0.485. The van der Waals surface area contributed by atoms with Gasteiger partial charge in [0.05, 0.1) is 21.3 Å². The second kappa shape index (κ2) is 6.31. The van der Waals surface area contributed by atoms with E-state index in [0.717, 1.165) is 5.57 Å². The maximum absolute atomic E-state index is 10.1. The average Bonchev–Trinajstić information content (AvgIpc) is 2.35. The van der Waals surface area contributed by atoms with Gasteiger partial charge in [0.2, 0.25) is 5.75 Å². The molecule has 0 amide bonds. The minimum atomic E-state index is -0.732. The molecule has 0 bridgehead atoms. The van der Waals surface area contributed by atoms with Crippen molar-refractivity contribution in [3.8, 4) is 17.2 Å². The van der Waals surface area contributed by atoms with Gasteiger partial charge in [0.15, 0.2) is 11.5 Å². The molecular formula is C14H20O4. The van der Waals surface area contributed by atoms with Crippen molar-refractivity contribution in [1.82, 2.24) is 0 Å². The maximum Gasteiger partial charge on any atom is 0.203 e. The largest absolute Gasteiger partial charge is 0.493 e. The van der Waals surface area contributed by atoms with Crippen LogP contribution in [0, 0.1) is 0 Å². The van der Waals surface area contributed by atoms with E-state index in [-0.39, 0.29) is 0 Å². The van der Waals surface area contributed by atoms with Crippen molar-refractivity contribution >= 4 is 0 Å². The van der Waals surface area contributed by atoms with Crippen LogP contribution in [0.5, 0.6) is 17.2 Å². The van der Waals surface area contributed by atoms with Gasteiger partial charge in [-0.2, -0.15) is 0 Å². The summed E-state index contributed by atoms with van der Waals surface area (Å²) in [5.41, 5.74) is 1.68. The second-order valence-electron chi connectivity index (χ2n) is 4.11. The molecule has 18 heavy (non-hydrogen) atoms. The van der Waals surface area contributed by atoms with Crippen molar-refractivity contribution in [2.75, 3.05) is 21.3 Å². The molecule has 0 heterocycles. The summed E-state index contributed by atoms with van der Waals surface area (Å²) >= 11 is 0. The number of hydrogen-bond acceptors (Lipinski definition) is 4. The lowest BCUT2D eigenvalue weighted by Crippen LogP contribution is -2.02. The summed E-state index contributed by atoms with van der Waals surface area (Å²) in [6.07, 6.45) is 1.02. The molecule has 0 saturated heterocycles. The van der Waals surface area contributed by atoms with Crippen molar-refractivity contribution in [2.45, 2.75) is 20.0 Å². The molecule has 4 heteroatoms. The van der Waals surface area contributed by atoms with Gasteiger partial charge in [0.25, 0.3) is 0 Å². The fraction of sp³-hybridized carbons (Fsp3) is 0.429. The maximum atomic E-state index is 10.1. The third-order valence-corrected chi connectivity index (χ3v) is 2.54. The van der Waals surface area contributed by atoms with E-state index in [1.54, 1.807) is 25.3 Å². The van der Waals surface area contributed by atoms with Gasteiger partial charge < -0.3 is 19.3 Å². The van der Waals surface area contributed by atoms with Gasteiger partial charge in [-0.05, 0) is 26.0 Å². The van der Waals surface area contributed by atoms with E-state index >= 15 is 0 Å². The Bertz CT molecular complexity index is 434. The van der Waals surface area contributed by atoms with Crippen LogP contribution in [0.2, 0.25) is 0 Å². The molecule has 0 aliphatic rings. The molecule has 1 N–H and O–H groups in total. The number of allylic oxidation sites excluding steroid dienone is 1. The molecule has 0 aliphatic heterocycles. The zero-order chi connectivity index (χ0) is 13.7. The molecule has 1 aromatic rings. The van der Waals surface area contributed by atoms with Crippen LogP contribution in [0.15, 0.2) is 23.8 Å². The summed E-state index contributed by atoms with van der Waals surface area (Å²) in [6.45, 7) is 3.85. The molecule has 1 rings (SSSR count). The van der Waals surface area contributed by atoms with E-state index in [4.69, 9.17) is 14.2 Å². The fourth-order valence-corrected chi connectivity index (χ4v) is 1.76. The molecule has 0 fully saturated rings. The van der Waals surface area contributed by atoms with E-state index in [1.807, 2.05) is 13.8 Å². The van der Waals surface area contributed by atoms with Crippen LogP contribution in [0.25, 0.3) is 0 Å². The number of benzene rings is 1. The average molecular weight is 252 g/mol. The van der Waals surface area contributed by atoms with Crippen molar-refractivity contribution in [1.29, 1.82) is 0 Å². The first-order chi connectivity index (χ1) is 8.54. The molecule has 1 unspecified atom stereocenters. The highest BCUT2D eigenvalue weighted by Crippen LogP contribution is 2.42. The number of methoxy groups -OCH3 is 3. The SMILES string of the molecule is COc1ccc(C(O)C=C(C)C)c(OC)c1OC. The third-order valence-electron chi connectivity index (χ3n) is 2.54. The Kier molecular flexibility index (Phi) is 5.04. The Hall–Kier alpha value is -1.68. The summed E-state index contributed by atoms with van der Waals surface area (Å²) < 4.78 is 15.8. The number of rotatable bonds is 5. The highest BCUT2D eigenvalue weighted by molar-refractivity contribution is 5.57. The van der Waals surface area contributed by atoms with Crippen LogP contribution in [0.4, 0.5) is 0 Å². The smallest absolute Gasteiger partial charge is 0.203 e. The summed E-state index contributed by atoms with van der Waals surface area (Å²) in [5, 5.41) is 10.1. The van der Waals surface area contributed by atoms with Gasteiger partial charge in [-0.15, -0.1) is 0 Å². The van der Waals surface area contributed by atoms with Crippen LogP contribution in [0.3, 0.4) is 0 Å². The molecule has 1 aromatic carbocycles. The Labute approximate surface area is 108 Å². The van der Waals surface area contributed by atoms with Crippen molar-refractivity contribution in [3.05, 3.63) is 29.3 Å².